The summed E-state index contributed by atoms with van der Waals surface area (Å²) in [4.78, 5) is 0. The van der Waals surface area contributed by atoms with E-state index < -0.39 is 0 Å². The van der Waals surface area contributed by atoms with E-state index in [1.807, 2.05) is 0 Å². The molecule has 0 unspecified atom stereocenters. The zero-order chi connectivity index (χ0) is 7.57. The molecule has 0 aliphatic carbocycles. The molecular formula is C10H20N+. The summed E-state index contributed by atoms with van der Waals surface area (Å²) in [6, 6.07) is 0. The van der Waals surface area contributed by atoms with Crippen LogP contribution in [-0.2, 0) is 0 Å². The number of nitrogens with zero attached hydrogens (tertiary/aromatic N) is 1. The molecule has 64 valence electrons. The fourth-order valence-corrected chi connectivity index (χ4v) is 2.81. The molecule has 0 amide bonds. The van der Waals surface area contributed by atoms with Crippen LogP contribution in [0, 0.1) is 0 Å². The van der Waals surface area contributed by atoms with E-state index in [1.54, 1.807) is 0 Å². The second-order valence-corrected chi connectivity index (χ2v) is 4.36. The van der Waals surface area contributed by atoms with E-state index in [-0.39, 0.29) is 0 Å². The summed E-state index contributed by atoms with van der Waals surface area (Å²) < 4.78 is 1.50. The molecule has 2 heterocycles. The molecule has 0 atom stereocenters. The summed E-state index contributed by atoms with van der Waals surface area (Å²) >= 11 is 0. The van der Waals surface area contributed by atoms with Crippen molar-refractivity contribution in [3.63, 3.8) is 0 Å². The van der Waals surface area contributed by atoms with Gasteiger partial charge in [-0.05, 0) is 25.7 Å². The van der Waals surface area contributed by atoms with Gasteiger partial charge in [-0.1, -0.05) is 0 Å². The predicted octanol–water partition coefficient (Wildman–Crippen LogP) is 2.17. The fourth-order valence-electron chi connectivity index (χ4n) is 2.81. The Labute approximate surface area is 70.0 Å². The summed E-state index contributed by atoms with van der Waals surface area (Å²) in [5, 5.41) is 0. The number of hydrogen-bond acceptors (Lipinski definition) is 0. The van der Waals surface area contributed by atoms with Crippen molar-refractivity contribution in [2.24, 2.45) is 0 Å². The molecule has 2 aliphatic heterocycles. The maximum Gasteiger partial charge on any atom is 0.0788 e. The van der Waals surface area contributed by atoms with Gasteiger partial charge in [0.2, 0.25) is 0 Å². The first kappa shape index (κ1) is 7.60. The van der Waals surface area contributed by atoms with Crippen LogP contribution in [0.2, 0.25) is 0 Å². The van der Waals surface area contributed by atoms with Crippen molar-refractivity contribution in [3.8, 4) is 0 Å². The highest BCUT2D eigenvalue weighted by Gasteiger charge is 2.31. The van der Waals surface area contributed by atoms with Crippen molar-refractivity contribution in [2.75, 3.05) is 26.2 Å². The average Bonchev–Trinajstić information content (AvgIpc) is 2.32. The molecule has 0 N–H and O–H groups in total. The van der Waals surface area contributed by atoms with Crippen LogP contribution in [0.5, 0.6) is 0 Å². The van der Waals surface area contributed by atoms with Crippen molar-refractivity contribution in [2.45, 2.75) is 38.5 Å². The lowest BCUT2D eigenvalue weighted by atomic mass is 10.2. The van der Waals surface area contributed by atoms with Gasteiger partial charge in [0.15, 0.2) is 0 Å². The van der Waals surface area contributed by atoms with Gasteiger partial charge in [0.25, 0.3) is 0 Å². The van der Waals surface area contributed by atoms with Crippen LogP contribution in [0.25, 0.3) is 0 Å². The molecular weight excluding hydrogens is 134 g/mol. The Morgan fingerprint density at radius 2 is 0.818 bits per heavy atom. The fraction of sp³-hybridized carbons (Fsp3) is 1.00. The molecule has 1 nitrogen and oxygen atoms in total. The van der Waals surface area contributed by atoms with Crippen LogP contribution in [-0.4, -0.2) is 30.7 Å². The van der Waals surface area contributed by atoms with Gasteiger partial charge in [0.05, 0.1) is 26.2 Å². The molecule has 0 saturated carbocycles. The van der Waals surface area contributed by atoms with Crippen LogP contribution < -0.4 is 0 Å². The standard InChI is InChI=1S/C10H20N/c1-2-4-8-11(7-3-1)9-5-6-10-11/h1-10H2/q+1. The first-order valence-corrected chi connectivity index (χ1v) is 5.26. The SMILES string of the molecule is C1CCC[N+]2(CC1)CCCC2. The summed E-state index contributed by atoms with van der Waals surface area (Å²) in [5.41, 5.74) is 0. The van der Waals surface area contributed by atoms with Crippen molar-refractivity contribution >= 4 is 0 Å². The molecule has 0 radical (unpaired) electrons. The molecule has 0 aromatic heterocycles. The number of rotatable bonds is 0. The molecule has 2 aliphatic rings. The molecule has 2 fully saturated rings. The minimum Gasteiger partial charge on any atom is -0.324 e. The van der Waals surface area contributed by atoms with Crippen LogP contribution in [0.4, 0.5) is 0 Å². The lowest BCUT2D eigenvalue weighted by Crippen LogP contribution is -2.45. The summed E-state index contributed by atoms with van der Waals surface area (Å²) in [6.45, 7) is 6.00. The Kier molecular flexibility index (Phi) is 2.17. The molecule has 0 bridgehead atoms. The van der Waals surface area contributed by atoms with Gasteiger partial charge in [-0.25, -0.2) is 0 Å². The largest absolute Gasteiger partial charge is 0.324 e. The monoisotopic (exact) mass is 154 g/mol. The lowest BCUT2D eigenvalue weighted by molar-refractivity contribution is -0.916. The normalized spacial score (nSPS) is 30.5. The van der Waals surface area contributed by atoms with Crippen molar-refractivity contribution in [1.82, 2.24) is 0 Å². The van der Waals surface area contributed by atoms with Gasteiger partial charge in [0.1, 0.15) is 0 Å². The van der Waals surface area contributed by atoms with E-state index in [1.165, 1.54) is 69.2 Å². The van der Waals surface area contributed by atoms with Crippen LogP contribution >= 0.6 is 0 Å². The maximum atomic E-state index is 1.50. The Morgan fingerprint density at radius 3 is 1.27 bits per heavy atom. The number of quaternary nitrogens is 1. The van der Waals surface area contributed by atoms with Crippen molar-refractivity contribution in [1.29, 1.82) is 0 Å². The molecule has 2 saturated heterocycles. The van der Waals surface area contributed by atoms with Gasteiger partial charge in [0, 0.05) is 12.8 Å². The molecule has 0 aromatic rings. The van der Waals surface area contributed by atoms with E-state index in [0.29, 0.717) is 0 Å². The van der Waals surface area contributed by atoms with Gasteiger partial charge >= 0.3 is 0 Å². The third-order valence-corrected chi connectivity index (χ3v) is 3.53. The number of hydrogen-bond donors (Lipinski definition) is 0. The first-order valence-electron chi connectivity index (χ1n) is 5.26. The Balaban J connectivity index is 1.97. The molecule has 0 aromatic carbocycles. The van der Waals surface area contributed by atoms with E-state index in [4.69, 9.17) is 0 Å². The van der Waals surface area contributed by atoms with Gasteiger partial charge < -0.3 is 4.48 Å². The van der Waals surface area contributed by atoms with E-state index in [9.17, 15) is 0 Å². The summed E-state index contributed by atoms with van der Waals surface area (Å²) in [6.07, 6.45) is 9.00. The van der Waals surface area contributed by atoms with Gasteiger partial charge in [-0.2, -0.15) is 0 Å². The maximum absolute atomic E-state index is 1.50. The predicted molar refractivity (Wildman–Crippen MR) is 47.4 cm³/mol. The third-order valence-electron chi connectivity index (χ3n) is 3.53. The second-order valence-electron chi connectivity index (χ2n) is 4.36. The third kappa shape index (κ3) is 1.58. The van der Waals surface area contributed by atoms with E-state index in [2.05, 4.69) is 0 Å². The van der Waals surface area contributed by atoms with Crippen LogP contribution in [0.15, 0.2) is 0 Å². The van der Waals surface area contributed by atoms with Crippen molar-refractivity contribution < 1.29 is 4.48 Å². The van der Waals surface area contributed by atoms with Crippen LogP contribution in [0.3, 0.4) is 0 Å². The quantitative estimate of drug-likeness (QED) is 0.469. The van der Waals surface area contributed by atoms with Crippen molar-refractivity contribution in [3.05, 3.63) is 0 Å². The molecule has 1 spiro atoms. The van der Waals surface area contributed by atoms with Crippen LogP contribution in [0.1, 0.15) is 38.5 Å². The zero-order valence-corrected chi connectivity index (χ0v) is 7.52. The second kappa shape index (κ2) is 3.14. The molecule has 2 rings (SSSR count). The van der Waals surface area contributed by atoms with Gasteiger partial charge in [-0.15, -0.1) is 0 Å². The van der Waals surface area contributed by atoms with E-state index in [0.717, 1.165) is 0 Å². The Bertz CT molecular complexity index is 115. The molecule has 1 heteroatoms. The first-order chi connectivity index (χ1) is 5.41. The smallest absolute Gasteiger partial charge is 0.0788 e. The topological polar surface area (TPSA) is 0 Å². The van der Waals surface area contributed by atoms with Gasteiger partial charge in [-0.3, -0.25) is 0 Å². The highest BCUT2D eigenvalue weighted by atomic mass is 15.4. The highest BCUT2D eigenvalue weighted by molar-refractivity contribution is 4.59. The summed E-state index contributed by atoms with van der Waals surface area (Å²) in [7, 11) is 0. The minimum atomic E-state index is 1.50. The lowest BCUT2D eigenvalue weighted by Gasteiger charge is -2.32. The summed E-state index contributed by atoms with van der Waals surface area (Å²) in [5.74, 6) is 0. The average molecular weight is 154 g/mol. The Morgan fingerprint density at radius 1 is 0.455 bits per heavy atom. The Hall–Kier alpha value is -0.0400. The highest BCUT2D eigenvalue weighted by Crippen LogP contribution is 2.24. The van der Waals surface area contributed by atoms with E-state index >= 15 is 0 Å². The molecule has 11 heavy (non-hydrogen) atoms. The zero-order valence-electron chi connectivity index (χ0n) is 7.52. The minimum absolute atomic E-state index is 1.50.